The molecule has 2 heterocycles. The van der Waals surface area contributed by atoms with Crippen LogP contribution in [-0.2, 0) is 35.2 Å². The molecule has 4 atom stereocenters. The van der Waals surface area contributed by atoms with Gasteiger partial charge in [-0.25, -0.2) is 0 Å². The Morgan fingerprint density at radius 3 is 1.77 bits per heavy atom. The Balaban J connectivity index is 0.937. The first kappa shape index (κ1) is 40.9. The number of hydrogen-bond donors (Lipinski definition) is 0. The molecular weight excluding hydrogens is 818 g/mol. The lowest BCUT2D eigenvalue weighted by Crippen LogP contribution is -2.38. The van der Waals surface area contributed by atoms with Crippen molar-refractivity contribution in [3.63, 3.8) is 0 Å². The zero-order valence-electron chi connectivity index (χ0n) is 37.2. The Morgan fingerprint density at radius 1 is 0.569 bits per heavy atom. The standard InChI is InChI=1S/C58H51F3O4/c1-55(2,3)40-24-38-11-10-34-12-17-43(48-21-16-39(25-40)53(38)54(34)48)37-15-20-46-45-18-13-35(26-50(45)56(4,51(46)28-37)58(59,60)61)36-14-19-47-44-8-5-6-9-49(44)57(52(47)27-36,33-63-30-42-32-65-42)22-7-23-62-29-41-31-64-41/h5-6,8-21,24-28,41-42H,7,22-23,29-33H2,1-4H3. The Labute approximate surface area is 377 Å². The van der Waals surface area contributed by atoms with Gasteiger partial charge in [-0.05, 0) is 148 Å². The molecule has 0 spiro atoms. The van der Waals surface area contributed by atoms with Gasteiger partial charge in [-0.15, -0.1) is 0 Å². The summed E-state index contributed by atoms with van der Waals surface area (Å²) in [6, 6.07) is 43.8. The number of epoxide rings is 2. The molecule has 0 radical (unpaired) electrons. The zero-order chi connectivity index (χ0) is 44.5. The average molecular weight is 869 g/mol. The fourth-order valence-electron chi connectivity index (χ4n) is 11.2. The Kier molecular flexibility index (Phi) is 9.26. The highest BCUT2D eigenvalue weighted by atomic mass is 19.4. The molecule has 2 aliphatic heterocycles. The van der Waals surface area contributed by atoms with E-state index in [0.29, 0.717) is 44.2 Å². The van der Waals surface area contributed by atoms with Crippen molar-refractivity contribution in [2.45, 2.75) is 75.2 Å². The van der Waals surface area contributed by atoms with Crippen LogP contribution in [0.25, 0.3) is 76.8 Å². The lowest BCUT2D eigenvalue weighted by molar-refractivity contribution is -0.172. The minimum atomic E-state index is -4.57. The van der Waals surface area contributed by atoms with Gasteiger partial charge in [-0.2, -0.15) is 13.2 Å². The Bertz CT molecular complexity index is 3170. The predicted molar refractivity (Wildman–Crippen MR) is 254 cm³/mol. The van der Waals surface area contributed by atoms with Crippen molar-refractivity contribution >= 4 is 32.3 Å². The second-order valence-corrected chi connectivity index (χ2v) is 20.1. The van der Waals surface area contributed by atoms with Gasteiger partial charge in [0.15, 0.2) is 0 Å². The minimum Gasteiger partial charge on any atom is -0.379 e. The summed E-state index contributed by atoms with van der Waals surface area (Å²) in [5.41, 5.74) is 8.32. The van der Waals surface area contributed by atoms with Crippen molar-refractivity contribution in [3.05, 3.63) is 155 Å². The maximum atomic E-state index is 16.0. The van der Waals surface area contributed by atoms with Gasteiger partial charge in [0.25, 0.3) is 0 Å². The lowest BCUT2D eigenvalue weighted by atomic mass is 9.74. The quantitative estimate of drug-likeness (QED) is 0.0697. The summed E-state index contributed by atoms with van der Waals surface area (Å²) in [6.45, 7) is 11.7. The third-order valence-corrected chi connectivity index (χ3v) is 15.0. The van der Waals surface area contributed by atoms with E-state index in [2.05, 4.69) is 112 Å². The van der Waals surface area contributed by atoms with Gasteiger partial charge in [0.1, 0.15) is 17.6 Å². The summed E-state index contributed by atoms with van der Waals surface area (Å²) >= 11 is 0. The van der Waals surface area contributed by atoms with Gasteiger partial charge >= 0.3 is 6.18 Å². The van der Waals surface area contributed by atoms with Crippen LogP contribution in [0, 0.1) is 0 Å². The van der Waals surface area contributed by atoms with Gasteiger partial charge in [-0.1, -0.05) is 130 Å². The summed E-state index contributed by atoms with van der Waals surface area (Å²) in [7, 11) is 0. The lowest BCUT2D eigenvalue weighted by Gasteiger charge is -2.32. The molecule has 0 N–H and O–H groups in total. The van der Waals surface area contributed by atoms with Crippen LogP contribution in [0.5, 0.6) is 0 Å². The number of alkyl halides is 3. The fraction of sp³-hybridized carbons (Fsp3) is 0.310. The molecule has 65 heavy (non-hydrogen) atoms. The highest BCUT2D eigenvalue weighted by Crippen LogP contribution is 2.59. The summed E-state index contributed by atoms with van der Waals surface area (Å²) in [4.78, 5) is 0. The first-order valence-corrected chi connectivity index (χ1v) is 23.0. The van der Waals surface area contributed by atoms with E-state index >= 15 is 13.2 Å². The maximum Gasteiger partial charge on any atom is 0.402 e. The third kappa shape index (κ3) is 6.56. The van der Waals surface area contributed by atoms with Crippen LogP contribution in [0.3, 0.4) is 0 Å². The fourth-order valence-corrected chi connectivity index (χ4v) is 11.2. The van der Waals surface area contributed by atoms with Gasteiger partial charge in [-0.3, -0.25) is 0 Å². The maximum absolute atomic E-state index is 16.0. The van der Waals surface area contributed by atoms with E-state index < -0.39 is 17.0 Å². The van der Waals surface area contributed by atoms with E-state index in [1.807, 2.05) is 24.3 Å². The topological polar surface area (TPSA) is 43.5 Å². The average Bonchev–Trinajstić information content (AvgIpc) is 4.25. The molecule has 0 aromatic heterocycles. The number of rotatable bonds is 12. The third-order valence-electron chi connectivity index (χ3n) is 15.0. The van der Waals surface area contributed by atoms with Crippen molar-refractivity contribution < 1.29 is 32.1 Å². The molecule has 328 valence electrons. The molecule has 4 aliphatic rings. The van der Waals surface area contributed by atoms with Crippen LogP contribution in [-0.4, -0.2) is 58.0 Å². The van der Waals surface area contributed by atoms with E-state index in [4.69, 9.17) is 18.9 Å². The molecule has 2 fully saturated rings. The molecule has 8 aromatic carbocycles. The second-order valence-electron chi connectivity index (χ2n) is 20.1. The molecule has 2 aliphatic carbocycles. The molecule has 0 bridgehead atoms. The second kappa shape index (κ2) is 14.7. The van der Waals surface area contributed by atoms with Gasteiger partial charge in [0.2, 0.25) is 0 Å². The normalized spacial score (nSPS) is 21.8. The van der Waals surface area contributed by atoms with Gasteiger partial charge < -0.3 is 18.9 Å². The first-order chi connectivity index (χ1) is 31.3. The van der Waals surface area contributed by atoms with Crippen molar-refractivity contribution in [3.8, 4) is 44.5 Å². The molecule has 7 heteroatoms. The van der Waals surface area contributed by atoms with Gasteiger partial charge in [0.05, 0.1) is 33.0 Å². The van der Waals surface area contributed by atoms with Crippen molar-refractivity contribution in [1.29, 1.82) is 0 Å². The molecule has 4 unspecified atom stereocenters. The van der Waals surface area contributed by atoms with Crippen LogP contribution < -0.4 is 0 Å². The number of benzene rings is 8. The Morgan fingerprint density at radius 2 is 1.11 bits per heavy atom. The van der Waals surface area contributed by atoms with Crippen molar-refractivity contribution in [2.24, 2.45) is 0 Å². The SMILES string of the molecule is CC(C)(C)c1cc2ccc3ccc(-c4ccc5c(c4)C(C)(C(F)(F)F)c4cc(-c6ccc7c(c6)C(CCCOCC6CO6)(COCC6CO6)c6ccccc6-7)ccc4-5)c4ccc(c1)c2c34. The molecule has 8 aromatic rings. The number of hydrogen-bond acceptors (Lipinski definition) is 4. The van der Waals surface area contributed by atoms with Crippen LogP contribution in [0.2, 0.25) is 0 Å². The summed E-state index contributed by atoms with van der Waals surface area (Å²) in [6.07, 6.45) is -2.65. The monoisotopic (exact) mass is 868 g/mol. The number of fused-ring (bicyclic) bond motifs is 6. The van der Waals surface area contributed by atoms with E-state index in [9.17, 15) is 0 Å². The summed E-state index contributed by atoms with van der Waals surface area (Å²) in [5, 5.41) is 6.84. The smallest absolute Gasteiger partial charge is 0.379 e. The van der Waals surface area contributed by atoms with Crippen LogP contribution in [0.1, 0.15) is 68.4 Å². The highest BCUT2D eigenvalue weighted by Gasteiger charge is 2.58. The molecular formula is C58H51F3O4. The highest BCUT2D eigenvalue weighted by molar-refractivity contribution is 6.25. The van der Waals surface area contributed by atoms with E-state index in [0.717, 1.165) is 74.6 Å². The van der Waals surface area contributed by atoms with Crippen LogP contribution in [0.15, 0.2) is 127 Å². The minimum absolute atomic E-state index is 0.00915. The summed E-state index contributed by atoms with van der Waals surface area (Å²) < 4.78 is 71.4. The Hall–Kier alpha value is -5.57. The van der Waals surface area contributed by atoms with Gasteiger partial charge in [0, 0.05) is 12.0 Å². The molecule has 0 amide bonds. The number of ether oxygens (including phenoxy) is 4. The zero-order valence-corrected chi connectivity index (χ0v) is 37.2. The summed E-state index contributed by atoms with van der Waals surface area (Å²) in [5.74, 6) is 0. The molecule has 12 rings (SSSR count). The molecule has 0 saturated carbocycles. The number of halogens is 3. The predicted octanol–water partition coefficient (Wildman–Crippen LogP) is 13.9. The molecule has 2 saturated heterocycles. The van der Waals surface area contributed by atoms with Crippen molar-refractivity contribution in [2.75, 3.05) is 39.6 Å². The van der Waals surface area contributed by atoms with E-state index in [1.165, 1.54) is 34.2 Å². The largest absolute Gasteiger partial charge is 0.402 e. The molecule has 4 nitrogen and oxygen atoms in total. The van der Waals surface area contributed by atoms with Crippen LogP contribution in [0.4, 0.5) is 13.2 Å². The van der Waals surface area contributed by atoms with Crippen LogP contribution >= 0.6 is 0 Å². The first-order valence-electron chi connectivity index (χ1n) is 23.0. The van der Waals surface area contributed by atoms with E-state index in [1.54, 1.807) is 12.1 Å². The van der Waals surface area contributed by atoms with Crippen molar-refractivity contribution in [1.82, 2.24) is 0 Å². The van der Waals surface area contributed by atoms with E-state index in [-0.39, 0.29) is 28.7 Å².